The number of pyridine rings is 1. The zero-order valence-corrected chi connectivity index (χ0v) is 13.4. The highest BCUT2D eigenvalue weighted by Gasteiger charge is 2.22. The molecule has 6 heteroatoms. The van der Waals surface area contributed by atoms with Crippen molar-refractivity contribution in [3.63, 3.8) is 0 Å². The molecule has 0 saturated carbocycles. The lowest BCUT2D eigenvalue weighted by Gasteiger charge is -2.34. The van der Waals surface area contributed by atoms with Gasteiger partial charge in [0.25, 0.3) is 0 Å². The number of hydrogen-bond donors (Lipinski definition) is 0. The fourth-order valence-corrected chi connectivity index (χ4v) is 3.22. The first-order valence-corrected chi connectivity index (χ1v) is 8.07. The first-order chi connectivity index (χ1) is 11.3. The normalized spacial score (nSPS) is 18.5. The van der Waals surface area contributed by atoms with Gasteiger partial charge in [-0.15, -0.1) is 0 Å². The van der Waals surface area contributed by atoms with Crippen LogP contribution < -0.4 is 4.90 Å². The van der Waals surface area contributed by atoms with Gasteiger partial charge in [-0.05, 0) is 17.5 Å². The van der Waals surface area contributed by atoms with Crippen molar-refractivity contribution in [2.75, 3.05) is 24.6 Å². The van der Waals surface area contributed by atoms with Crippen molar-refractivity contribution < 1.29 is 4.74 Å². The molecule has 0 amide bonds. The maximum absolute atomic E-state index is 6.35. The molecule has 1 fully saturated rings. The van der Waals surface area contributed by atoms with Crippen molar-refractivity contribution >= 4 is 28.2 Å². The Bertz CT molecular complexity index is 805. The third kappa shape index (κ3) is 3.02. The summed E-state index contributed by atoms with van der Waals surface area (Å²) in [6.07, 6.45) is 3.83. The summed E-state index contributed by atoms with van der Waals surface area (Å²) < 4.78 is 7.76. The smallest absolute Gasteiger partial charge is 0.139 e. The summed E-state index contributed by atoms with van der Waals surface area (Å²) in [7, 11) is 0. The Morgan fingerprint density at radius 2 is 2.17 bits per heavy atom. The van der Waals surface area contributed by atoms with Crippen LogP contribution in [0.4, 0.5) is 5.82 Å². The molecule has 1 atom stereocenters. The van der Waals surface area contributed by atoms with Crippen molar-refractivity contribution in [1.29, 1.82) is 0 Å². The molecule has 1 saturated heterocycles. The van der Waals surface area contributed by atoms with Gasteiger partial charge in [-0.25, -0.2) is 4.98 Å². The van der Waals surface area contributed by atoms with Crippen LogP contribution in [0.5, 0.6) is 0 Å². The van der Waals surface area contributed by atoms with Gasteiger partial charge in [0.2, 0.25) is 0 Å². The lowest BCUT2D eigenvalue weighted by atomic mass is 10.1. The number of aromatic nitrogens is 3. The van der Waals surface area contributed by atoms with Crippen molar-refractivity contribution in [1.82, 2.24) is 14.8 Å². The molecule has 0 radical (unpaired) electrons. The SMILES string of the molecule is Clc1nc(N2CCOC(Cn3cccn3)C2)cc2ccccc12. The van der Waals surface area contributed by atoms with Gasteiger partial charge in [-0.1, -0.05) is 35.9 Å². The summed E-state index contributed by atoms with van der Waals surface area (Å²) >= 11 is 6.35. The molecular formula is C17H17ClN4O. The molecule has 5 nitrogen and oxygen atoms in total. The van der Waals surface area contributed by atoms with E-state index in [1.807, 2.05) is 35.1 Å². The van der Waals surface area contributed by atoms with Gasteiger partial charge in [0, 0.05) is 30.9 Å². The predicted octanol–water partition coefficient (Wildman–Crippen LogP) is 2.99. The van der Waals surface area contributed by atoms with E-state index in [1.54, 1.807) is 6.20 Å². The summed E-state index contributed by atoms with van der Waals surface area (Å²) in [6, 6.07) is 12.1. The number of ether oxygens (including phenoxy) is 1. The first kappa shape index (κ1) is 14.5. The van der Waals surface area contributed by atoms with Crippen molar-refractivity contribution in [2.45, 2.75) is 12.6 Å². The van der Waals surface area contributed by atoms with Gasteiger partial charge in [0.1, 0.15) is 11.0 Å². The maximum Gasteiger partial charge on any atom is 0.139 e. The molecule has 1 aliphatic heterocycles. The number of nitrogens with zero attached hydrogens (tertiary/aromatic N) is 4. The molecule has 2 aromatic heterocycles. The Hall–Kier alpha value is -2.11. The van der Waals surface area contributed by atoms with E-state index < -0.39 is 0 Å². The van der Waals surface area contributed by atoms with E-state index in [2.05, 4.69) is 27.1 Å². The van der Waals surface area contributed by atoms with E-state index in [4.69, 9.17) is 16.3 Å². The second-order valence-corrected chi connectivity index (χ2v) is 6.02. The Morgan fingerprint density at radius 3 is 3.04 bits per heavy atom. The molecule has 4 rings (SSSR count). The molecular weight excluding hydrogens is 312 g/mol. The summed E-state index contributed by atoms with van der Waals surface area (Å²) in [5, 5.41) is 6.89. The number of rotatable bonds is 3. The van der Waals surface area contributed by atoms with Crippen LogP contribution in [0.2, 0.25) is 5.15 Å². The molecule has 1 aromatic carbocycles. The van der Waals surface area contributed by atoms with Crippen LogP contribution in [0.1, 0.15) is 0 Å². The van der Waals surface area contributed by atoms with Crippen LogP contribution in [-0.4, -0.2) is 40.6 Å². The number of morpholine rings is 1. The second kappa shape index (κ2) is 6.18. The number of benzene rings is 1. The minimum absolute atomic E-state index is 0.0932. The molecule has 1 aliphatic rings. The van der Waals surface area contributed by atoms with Gasteiger partial charge in [0.05, 0.1) is 19.3 Å². The summed E-state index contributed by atoms with van der Waals surface area (Å²) in [4.78, 5) is 6.80. The molecule has 0 spiro atoms. The third-order valence-corrected chi connectivity index (χ3v) is 4.38. The highest BCUT2D eigenvalue weighted by atomic mass is 35.5. The zero-order chi connectivity index (χ0) is 15.6. The molecule has 118 valence electrons. The fourth-order valence-electron chi connectivity index (χ4n) is 2.96. The lowest BCUT2D eigenvalue weighted by Crippen LogP contribution is -2.44. The van der Waals surface area contributed by atoms with E-state index in [0.29, 0.717) is 11.8 Å². The van der Waals surface area contributed by atoms with Gasteiger partial charge in [-0.2, -0.15) is 5.10 Å². The minimum atomic E-state index is 0.0932. The Morgan fingerprint density at radius 1 is 1.26 bits per heavy atom. The summed E-state index contributed by atoms with van der Waals surface area (Å²) in [6.45, 7) is 3.02. The maximum atomic E-state index is 6.35. The van der Waals surface area contributed by atoms with Crippen LogP contribution >= 0.6 is 11.6 Å². The average Bonchev–Trinajstić information content (AvgIpc) is 3.08. The molecule has 0 bridgehead atoms. The molecule has 0 N–H and O–H groups in total. The number of halogens is 1. The summed E-state index contributed by atoms with van der Waals surface area (Å²) in [5.41, 5.74) is 0. The van der Waals surface area contributed by atoms with E-state index in [9.17, 15) is 0 Å². The van der Waals surface area contributed by atoms with Crippen LogP contribution in [0.15, 0.2) is 48.8 Å². The van der Waals surface area contributed by atoms with Crippen LogP contribution in [-0.2, 0) is 11.3 Å². The van der Waals surface area contributed by atoms with E-state index >= 15 is 0 Å². The number of anilines is 1. The highest BCUT2D eigenvalue weighted by Crippen LogP contribution is 2.27. The topological polar surface area (TPSA) is 43.2 Å². The van der Waals surface area contributed by atoms with Crippen molar-refractivity contribution in [3.05, 3.63) is 53.9 Å². The molecule has 23 heavy (non-hydrogen) atoms. The van der Waals surface area contributed by atoms with Gasteiger partial charge in [0.15, 0.2) is 0 Å². The van der Waals surface area contributed by atoms with Crippen molar-refractivity contribution in [3.8, 4) is 0 Å². The third-order valence-electron chi connectivity index (χ3n) is 4.09. The van der Waals surface area contributed by atoms with Gasteiger partial charge < -0.3 is 9.64 Å². The van der Waals surface area contributed by atoms with E-state index in [-0.39, 0.29) is 6.10 Å². The number of fused-ring (bicyclic) bond motifs is 1. The standard InChI is InChI=1S/C17H17ClN4O/c18-17-15-5-2-1-4-13(15)10-16(20-17)21-8-9-23-14(11-21)12-22-7-3-6-19-22/h1-7,10,14H,8-9,11-12H2. The van der Waals surface area contributed by atoms with Gasteiger partial charge >= 0.3 is 0 Å². The molecule has 1 unspecified atom stereocenters. The van der Waals surface area contributed by atoms with Crippen LogP contribution in [0.25, 0.3) is 10.8 Å². The zero-order valence-electron chi connectivity index (χ0n) is 12.6. The second-order valence-electron chi connectivity index (χ2n) is 5.66. The Balaban J connectivity index is 1.57. The molecule has 3 aromatic rings. The largest absolute Gasteiger partial charge is 0.373 e. The highest BCUT2D eigenvalue weighted by molar-refractivity contribution is 6.34. The predicted molar refractivity (Wildman–Crippen MR) is 90.9 cm³/mol. The quantitative estimate of drug-likeness (QED) is 0.693. The number of hydrogen-bond acceptors (Lipinski definition) is 4. The Labute approximate surface area is 139 Å². The van der Waals surface area contributed by atoms with Crippen molar-refractivity contribution in [2.24, 2.45) is 0 Å². The minimum Gasteiger partial charge on any atom is -0.373 e. The van der Waals surface area contributed by atoms with Gasteiger partial charge in [-0.3, -0.25) is 4.68 Å². The Kier molecular flexibility index (Phi) is 3.89. The molecule has 0 aliphatic carbocycles. The van der Waals surface area contributed by atoms with E-state index in [1.165, 1.54) is 0 Å². The fraction of sp³-hybridized carbons (Fsp3) is 0.294. The summed E-state index contributed by atoms with van der Waals surface area (Å²) in [5.74, 6) is 0.905. The lowest BCUT2D eigenvalue weighted by molar-refractivity contribution is 0.0272. The van der Waals surface area contributed by atoms with Crippen LogP contribution in [0.3, 0.4) is 0 Å². The average molecular weight is 329 g/mol. The molecule has 3 heterocycles. The monoisotopic (exact) mass is 328 g/mol. The van der Waals surface area contributed by atoms with E-state index in [0.717, 1.165) is 36.2 Å². The van der Waals surface area contributed by atoms with Crippen LogP contribution in [0, 0.1) is 0 Å². The first-order valence-electron chi connectivity index (χ1n) is 7.69.